The molecule has 0 nitrogen and oxygen atoms in total. The van der Waals surface area contributed by atoms with E-state index in [0.29, 0.717) is 0 Å². The number of terminal acetylenes is 2. The van der Waals surface area contributed by atoms with Gasteiger partial charge in [0.1, 0.15) is 0 Å². The highest BCUT2D eigenvalue weighted by Crippen LogP contribution is 2.31. The van der Waals surface area contributed by atoms with Crippen molar-refractivity contribution in [3.63, 3.8) is 0 Å². The first-order chi connectivity index (χ1) is 7.69. The molecule has 0 amide bonds. The second-order valence-corrected chi connectivity index (χ2v) is 4.94. The van der Waals surface area contributed by atoms with E-state index in [1.807, 2.05) is 24.3 Å². The zero-order valence-electron chi connectivity index (χ0n) is 8.22. The highest BCUT2D eigenvalue weighted by Gasteiger charge is 2.08. The second kappa shape index (κ2) is 4.34. The average Bonchev–Trinajstić information content (AvgIpc) is 2.29. The van der Waals surface area contributed by atoms with Crippen molar-refractivity contribution < 1.29 is 0 Å². The first-order valence-electron chi connectivity index (χ1n) is 4.53. The molecule has 0 bridgehead atoms. The van der Waals surface area contributed by atoms with Gasteiger partial charge >= 0.3 is 0 Å². The van der Waals surface area contributed by atoms with Crippen LogP contribution < -0.4 is 0 Å². The Morgan fingerprint density at radius 2 is 1.12 bits per heavy atom. The summed E-state index contributed by atoms with van der Waals surface area (Å²) in [7, 11) is 0. The van der Waals surface area contributed by atoms with Gasteiger partial charge in [-0.05, 0) is 54.8 Å². The molecule has 0 aliphatic heterocycles. The van der Waals surface area contributed by atoms with Crippen molar-refractivity contribution in [3.8, 4) is 24.7 Å². The van der Waals surface area contributed by atoms with E-state index >= 15 is 0 Å². The summed E-state index contributed by atoms with van der Waals surface area (Å²) in [6.07, 6.45) is 11.0. The predicted octanol–water partition coefficient (Wildman–Crippen LogP) is 4.33. The number of fused-ring (bicyclic) bond motifs is 1. The van der Waals surface area contributed by atoms with Crippen LogP contribution in [-0.2, 0) is 0 Å². The lowest BCUT2D eigenvalue weighted by Gasteiger charge is -2.07. The number of benzene rings is 2. The van der Waals surface area contributed by atoms with Crippen LogP contribution in [0.25, 0.3) is 10.8 Å². The quantitative estimate of drug-likeness (QED) is 0.629. The second-order valence-electron chi connectivity index (χ2n) is 3.23. The Bertz CT molecular complexity index is 596. The van der Waals surface area contributed by atoms with Crippen LogP contribution in [0.15, 0.2) is 33.2 Å². The monoisotopic (exact) mass is 332 g/mol. The molecule has 2 aromatic carbocycles. The summed E-state index contributed by atoms with van der Waals surface area (Å²) < 4.78 is 1.82. The van der Waals surface area contributed by atoms with Gasteiger partial charge in [0.15, 0.2) is 0 Å². The molecule has 0 aromatic heterocycles. The van der Waals surface area contributed by atoms with Gasteiger partial charge in [0, 0.05) is 20.1 Å². The first-order valence-corrected chi connectivity index (χ1v) is 6.11. The SMILES string of the molecule is C#Cc1c(Br)ccc2c(C#C)c(Br)ccc12. The molecule has 0 atom stereocenters. The van der Waals surface area contributed by atoms with Gasteiger partial charge in [-0.3, -0.25) is 0 Å². The molecule has 0 aliphatic carbocycles. The van der Waals surface area contributed by atoms with Gasteiger partial charge in [-0.2, -0.15) is 0 Å². The van der Waals surface area contributed by atoms with E-state index in [4.69, 9.17) is 12.8 Å². The van der Waals surface area contributed by atoms with Gasteiger partial charge in [0.2, 0.25) is 0 Å². The molecule has 0 fully saturated rings. The van der Waals surface area contributed by atoms with Gasteiger partial charge in [0.25, 0.3) is 0 Å². The van der Waals surface area contributed by atoms with E-state index in [2.05, 4.69) is 43.7 Å². The van der Waals surface area contributed by atoms with Crippen LogP contribution in [0.1, 0.15) is 11.1 Å². The Balaban J connectivity index is 3.01. The standard InChI is InChI=1S/C14H6Br2/c1-3-9-11-5-8-14(16)10(4-2)12(11)6-7-13(9)15/h1-2,5-8H. The van der Waals surface area contributed by atoms with Crippen LogP contribution in [0.3, 0.4) is 0 Å². The molecule has 0 unspecified atom stereocenters. The fourth-order valence-corrected chi connectivity index (χ4v) is 2.57. The summed E-state index contributed by atoms with van der Waals surface area (Å²) >= 11 is 6.87. The average molecular weight is 334 g/mol. The minimum atomic E-state index is 0.835. The molecule has 76 valence electrons. The lowest BCUT2D eigenvalue weighted by molar-refractivity contribution is 1.60. The molecular formula is C14H6Br2. The number of rotatable bonds is 0. The summed E-state index contributed by atoms with van der Waals surface area (Å²) in [6.45, 7) is 0. The summed E-state index contributed by atoms with van der Waals surface area (Å²) in [5.41, 5.74) is 1.67. The lowest BCUT2D eigenvalue weighted by Crippen LogP contribution is -1.87. The minimum Gasteiger partial charge on any atom is -0.115 e. The highest BCUT2D eigenvalue weighted by molar-refractivity contribution is 9.10. The van der Waals surface area contributed by atoms with Crippen molar-refractivity contribution in [2.45, 2.75) is 0 Å². The number of hydrogen-bond acceptors (Lipinski definition) is 0. The molecule has 0 heterocycles. The molecule has 0 saturated carbocycles. The third-order valence-electron chi connectivity index (χ3n) is 2.39. The van der Waals surface area contributed by atoms with Crippen molar-refractivity contribution in [3.05, 3.63) is 44.3 Å². The third-order valence-corrected chi connectivity index (χ3v) is 3.71. The Morgan fingerprint density at radius 1 is 0.750 bits per heavy atom. The fraction of sp³-hybridized carbons (Fsp3) is 0. The van der Waals surface area contributed by atoms with E-state index < -0.39 is 0 Å². The van der Waals surface area contributed by atoms with Crippen LogP contribution >= 0.6 is 31.9 Å². The maximum atomic E-state index is 5.50. The first kappa shape index (κ1) is 11.3. The van der Waals surface area contributed by atoms with Gasteiger partial charge in [-0.15, -0.1) is 12.8 Å². The van der Waals surface area contributed by atoms with Crippen LogP contribution in [0.2, 0.25) is 0 Å². The number of halogens is 2. The Labute approximate surface area is 111 Å². The molecule has 2 rings (SSSR count). The van der Waals surface area contributed by atoms with E-state index in [-0.39, 0.29) is 0 Å². The number of hydrogen-bond donors (Lipinski definition) is 0. The zero-order chi connectivity index (χ0) is 11.7. The minimum absolute atomic E-state index is 0.835. The fourth-order valence-electron chi connectivity index (χ4n) is 1.65. The summed E-state index contributed by atoms with van der Waals surface area (Å²) in [5, 5.41) is 1.99. The van der Waals surface area contributed by atoms with Gasteiger partial charge in [0.05, 0.1) is 0 Å². The predicted molar refractivity (Wildman–Crippen MR) is 75.2 cm³/mol. The van der Waals surface area contributed by atoms with E-state index in [1.165, 1.54) is 0 Å². The molecule has 0 saturated heterocycles. The summed E-state index contributed by atoms with van der Waals surface area (Å²) in [6, 6.07) is 7.79. The highest BCUT2D eigenvalue weighted by atomic mass is 79.9. The maximum absolute atomic E-state index is 5.50. The van der Waals surface area contributed by atoms with Gasteiger partial charge < -0.3 is 0 Å². The van der Waals surface area contributed by atoms with Crippen LogP contribution in [0, 0.1) is 24.7 Å². The Hall–Kier alpha value is -1.22. The summed E-state index contributed by atoms with van der Waals surface area (Å²) in [5.74, 6) is 5.36. The van der Waals surface area contributed by atoms with Crippen LogP contribution in [0.4, 0.5) is 0 Å². The van der Waals surface area contributed by atoms with Gasteiger partial charge in [-0.25, -0.2) is 0 Å². The normalized spacial score (nSPS) is 9.75. The van der Waals surface area contributed by atoms with Crippen molar-refractivity contribution >= 4 is 42.6 Å². The molecule has 0 radical (unpaired) electrons. The molecular weight excluding hydrogens is 328 g/mol. The Kier molecular flexibility index (Phi) is 3.06. The van der Waals surface area contributed by atoms with E-state index in [0.717, 1.165) is 30.8 Å². The summed E-state index contributed by atoms with van der Waals surface area (Å²) in [4.78, 5) is 0. The van der Waals surface area contributed by atoms with E-state index in [1.54, 1.807) is 0 Å². The van der Waals surface area contributed by atoms with E-state index in [9.17, 15) is 0 Å². The van der Waals surface area contributed by atoms with Crippen LogP contribution in [0.5, 0.6) is 0 Å². The van der Waals surface area contributed by atoms with Crippen molar-refractivity contribution in [2.75, 3.05) is 0 Å². The zero-order valence-corrected chi connectivity index (χ0v) is 11.4. The van der Waals surface area contributed by atoms with Gasteiger partial charge in [-0.1, -0.05) is 24.0 Å². The van der Waals surface area contributed by atoms with Crippen molar-refractivity contribution in [1.29, 1.82) is 0 Å². The maximum Gasteiger partial charge on any atom is 0.0463 e. The van der Waals surface area contributed by atoms with Crippen molar-refractivity contribution in [1.82, 2.24) is 0 Å². The molecule has 0 N–H and O–H groups in total. The Morgan fingerprint density at radius 3 is 1.44 bits per heavy atom. The third kappa shape index (κ3) is 1.65. The molecule has 0 aliphatic rings. The molecule has 2 heteroatoms. The lowest BCUT2D eigenvalue weighted by atomic mass is 10.0. The molecule has 0 spiro atoms. The largest absolute Gasteiger partial charge is 0.115 e. The molecule has 2 aromatic rings. The molecule has 16 heavy (non-hydrogen) atoms. The van der Waals surface area contributed by atoms with Crippen LogP contribution in [-0.4, -0.2) is 0 Å². The smallest absolute Gasteiger partial charge is 0.0463 e. The topological polar surface area (TPSA) is 0 Å². The van der Waals surface area contributed by atoms with Crippen molar-refractivity contribution in [2.24, 2.45) is 0 Å².